The van der Waals surface area contributed by atoms with Crippen molar-refractivity contribution in [2.24, 2.45) is 0 Å². The molecule has 43 heavy (non-hydrogen) atoms. The van der Waals surface area contributed by atoms with Crippen LogP contribution in [0.15, 0.2) is 85.5 Å². The molecule has 3 aromatic carbocycles. The van der Waals surface area contributed by atoms with Crippen LogP contribution in [-0.2, 0) is 25.7 Å². The van der Waals surface area contributed by atoms with Crippen molar-refractivity contribution in [1.82, 2.24) is 4.90 Å². The number of hydrogen-bond acceptors (Lipinski definition) is 7. The van der Waals surface area contributed by atoms with E-state index in [9.17, 15) is 14.7 Å². The summed E-state index contributed by atoms with van der Waals surface area (Å²) in [5.41, 5.74) is 10.4. The summed E-state index contributed by atoms with van der Waals surface area (Å²) in [4.78, 5) is 26.9. The fourth-order valence-electron chi connectivity index (χ4n) is 5.02. The number of carbonyl (C=O) groups excluding carboxylic acids is 2. The molecular formula is C34H42N4O5. The van der Waals surface area contributed by atoms with Crippen LogP contribution < -0.4 is 16.4 Å². The molecule has 1 aliphatic rings. The van der Waals surface area contributed by atoms with E-state index >= 15 is 0 Å². The molecule has 1 aliphatic heterocycles. The summed E-state index contributed by atoms with van der Waals surface area (Å²) in [6, 6.07) is 22.4. The lowest BCUT2D eigenvalue weighted by Gasteiger charge is -2.37. The maximum absolute atomic E-state index is 12.5. The lowest BCUT2D eigenvalue weighted by molar-refractivity contribution is -0.252. The number of carbonyl (C=O) groups is 2. The van der Waals surface area contributed by atoms with Gasteiger partial charge in [-0.25, -0.2) is 0 Å². The number of hydrogen-bond donors (Lipinski definition) is 4. The van der Waals surface area contributed by atoms with Crippen LogP contribution in [0.4, 0.5) is 17.1 Å². The van der Waals surface area contributed by atoms with Crippen molar-refractivity contribution in [3.05, 3.63) is 102 Å². The summed E-state index contributed by atoms with van der Waals surface area (Å²) >= 11 is 0. The molecule has 228 valence electrons. The molecule has 0 spiro atoms. The zero-order valence-corrected chi connectivity index (χ0v) is 24.7. The molecule has 1 heterocycles. The summed E-state index contributed by atoms with van der Waals surface area (Å²) in [5.74, 6) is -0.234. The number of nitrogens with zero attached hydrogens (tertiary/aromatic N) is 1. The number of anilines is 3. The standard InChI is InChI=1S/C34H42N4O5/c1-3-20-38(2)22-28-21-31(25-14-12-24(23-39)13-15-25)43-34(42-28)26-16-18-27(19-17-26)36-32(40)10-6-7-11-33(41)37-30-9-5-4-8-29(30)35/h3-5,8-9,12-19,28,31,34,39H,1,6-7,10-11,20-23,35H2,2H3,(H,36,40)(H,37,41)/t28-,31+,34+/m0/s1. The molecule has 0 aliphatic carbocycles. The largest absolute Gasteiger partial charge is 0.397 e. The minimum absolute atomic E-state index is 0.00274. The summed E-state index contributed by atoms with van der Waals surface area (Å²) in [6.07, 6.45) is 3.59. The van der Waals surface area contributed by atoms with Gasteiger partial charge in [-0.3, -0.25) is 9.59 Å². The third kappa shape index (κ3) is 9.76. The molecule has 4 rings (SSSR count). The fourth-order valence-corrected chi connectivity index (χ4v) is 5.02. The average Bonchev–Trinajstić information content (AvgIpc) is 3.01. The number of para-hydroxylation sites is 2. The fraction of sp³-hybridized carbons (Fsp3) is 0.353. The minimum atomic E-state index is -0.569. The van der Waals surface area contributed by atoms with Crippen LogP contribution >= 0.6 is 0 Å². The Morgan fingerprint density at radius 2 is 1.60 bits per heavy atom. The van der Waals surface area contributed by atoms with Gasteiger partial charge in [0, 0.05) is 43.6 Å². The first-order valence-electron chi connectivity index (χ1n) is 14.7. The Morgan fingerprint density at radius 3 is 2.26 bits per heavy atom. The molecule has 3 atom stereocenters. The number of benzene rings is 3. The van der Waals surface area contributed by atoms with Gasteiger partial charge in [0.1, 0.15) is 0 Å². The van der Waals surface area contributed by atoms with E-state index < -0.39 is 6.29 Å². The first-order valence-corrected chi connectivity index (χ1v) is 14.7. The van der Waals surface area contributed by atoms with Crippen molar-refractivity contribution in [3.63, 3.8) is 0 Å². The lowest BCUT2D eigenvalue weighted by atomic mass is 9.99. The molecule has 2 amide bonds. The Bertz CT molecular complexity index is 1350. The highest BCUT2D eigenvalue weighted by Gasteiger charge is 2.32. The Hall–Kier alpha value is -4.02. The van der Waals surface area contributed by atoms with Gasteiger partial charge in [0.2, 0.25) is 11.8 Å². The van der Waals surface area contributed by atoms with Gasteiger partial charge in [-0.2, -0.15) is 0 Å². The van der Waals surface area contributed by atoms with Gasteiger partial charge in [0.15, 0.2) is 6.29 Å². The predicted octanol–water partition coefficient (Wildman–Crippen LogP) is 5.56. The van der Waals surface area contributed by atoms with Crippen LogP contribution in [0.5, 0.6) is 0 Å². The maximum atomic E-state index is 12.5. The van der Waals surface area contributed by atoms with Gasteiger partial charge in [0.05, 0.1) is 30.2 Å². The average molecular weight is 587 g/mol. The smallest absolute Gasteiger partial charge is 0.224 e. The van der Waals surface area contributed by atoms with E-state index in [0.29, 0.717) is 49.2 Å². The third-order valence-electron chi connectivity index (χ3n) is 7.33. The van der Waals surface area contributed by atoms with Crippen molar-refractivity contribution in [3.8, 4) is 0 Å². The molecule has 0 saturated carbocycles. The van der Waals surface area contributed by atoms with E-state index in [1.54, 1.807) is 12.1 Å². The Morgan fingerprint density at radius 1 is 0.953 bits per heavy atom. The van der Waals surface area contributed by atoms with Crippen LogP contribution in [0.2, 0.25) is 0 Å². The summed E-state index contributed by atoms with van der Waals surface area (Å²) in [7, 11) is 2.04. The Kier molecular flexibility index (Phi) is 11.9. The van der Waals surface area contributed by atoms with E-state index in [2.05, 4.69) is 22.1 Å². The van der Waals surface area contributed by atoms with E-state index in [1.807, 2.05) is 73.8 Å². The zero-order valence-electron chi connectivity index (χ0n) is 24.7. The van der Waals surface area contributed by atoms with E-state index in [-0.39, 0.29) is 30.6 Å². The second-order valence-electron chi connectivity index (χ2n) is 10.9. The Balaban J connectivity index is 1.29. The number of nitrogens with two attached hydrogens (primary N) is 1. The van der Waals surface area contributed by atoms with Crippen LogP contribution in [-0.4, -0.2) is 48.1 Å². The molecule has 9 heteroatoms. The van der Waals surface area contributed by atoms with Crippen molar-refractivity contribution >= 4 is 28.9 Å². The highest BCUT2D eigenvalue weighted by Crippen LogP contribution is 2.38. The van der Waals surface area contributed by atoms with Crippen LogP contribution in [0.3, 0.4) is 0 Å². The number of likely N-dealkylation sites (N-methyl/N-ethyl adjacent to an activating group) is 1. The number of ether oxygens (including phenoxy) is 2. The second kappa shape index (κ2) is 16.0. The first-order chi connectivity index (χ1) is 20.8. The van der Waals surface area contributed by atoms with Crippen LogP contribution in [0.1, 0.15) is 61.2 Å². The normalized spacial score (nSPS) is 18.3. The quantitative estimate of drug-likeness (QED) is 0.111. The summed E-state index contributed by atoms with van der Waals surface area (Å²) in [5, 5.41) is 15.1. The highest BCUT2D eigenvalue weighted by molar-refractivity contribution is 5.94. The number of amides is 2. The SMILES string of the molecule is C=CCN(C)C[C@@H]1C[C@H](c2ccc(CO)cc2)O[C@H](c2ccc(NC(=O)CCCCC(=O)Nc3ccccc3N)cc2)O1. The highest BCUT2D eigenvalue weighted by atomic mass is 16.7. The number of unbranched alkanes of at least 4 members (excludes halogenated alkanes) is 1. The van der Waals surface area contributed by atoms with Crippen LogP contribution in [0.25, 0.3) is 0 Å². The molecule has 5 N–H and O–H groups in total. The van der Waals surface area contributed by atoms with E-state index in [4.69, 9.17) is 15.2 Å². The van der Waals surface area contributed by atoms with Gasteiger partial charge in [-0.05, 0) is 55.3 Å². The number of aliphatic hydroxyl groups is 1. The lowest BCUT2D eigenvalue weighted by Crippen LogP contribution is -2.37. The topological polar surface area (TPSA) is 126 Å². The molecule has 1 fully saturated rings. The van der Waals surface area contributed by atoms with Crippen molar-refractivity contribution in [1.29, 1.82) is 0 Å². The van der Waals surface area contributed by atoms with Crippen LogP contribution in [0, 0.1) is 0 Å². The number of rotatable bonds is 14. The van der Waals surface area contributed by atoms with Gasteiger partial charge < -0.3 is 35.8 Å². The van der Waals surface area contributed by atoms with Gasteiger partial charge in [0.25, 0.3) is 0 Å². The molecule has 1 saturated heterocycles. The van der Waals surface area contributed by atoms with Gasteiger partial charge in [-0.15, -0.1) is 6.58 Å². The molecule has 0 radical (unpaired) electrons. The van der Waals surface area contributed by atoms with E-state index in [0.717, 1.165) is 29.8 Å². The van der Waals surface area contributed by atoms with Gasteiger partial charge in [-0.1, -0.05) is 54.6 Å². The van der Waals surface area contributed by atoms with Gasteiger partial charge >= 0.3 is 0 Å². The van der Waals surface area contributed by atoms with Crippen molar-refractivity contribution in [2.75, 3.05) is 36.5 Å². The van der Waals surface area contributed by atoms with Crippen molar-refractivity contribution < 1.29 is 24.2 Å². The molecule has 0 unspecified atom stereocenters. The second-order valence-corrected chi connectivity index (χ2v) is 10.9. The molecule has 3 aromatic rings. The number of aliphatic hydroxyl groups excluding tert-OH is 1. The zero-order chi connectivity index (χ0) is 30.6. The number of nitrogens with one attached hydrogen (secondary N) is 2. The molecule has 0 aromatic heterocycles. The third-order valence-corrected chi connectivity index (χ3v) is 7.33. The first kappa shape index (κ1) is 31.9. The Labute approximate surface area is 253 Å². The number of nitrogen functional groups attached to an aromatic ring is 1. The molecule has 0 bridgehead atoms. The molecular weight excluding hydrogens is 544 g/mol. The monoisotopic (exact) mass is 586 g/mol. The molecule has 9 nitrogen and oxygen atoms in total. The maximum Gasteiger partial charge on any atom is 0.224 e. The van der Waals surface area contributed by atoms with Crippen molar-refractivity contribution in [2.45, 2.75) is 57.2 Å². The summed E-state index contributed by atoms with van der Waals surface area (Å²) < 4.78 is 12.8. The van der Waals surface area contributed by atoms with E-state index in [1.165, 1.54) is 0 Å². The summed E-state index contributed by atoms with van der Waals surface area (Å²) in [6.45, 7) is 5.31. The predicted molar refractivity (Wildman–Crippen MR) is 169 cm³/mol. The minimum Gasteiger partial charge on any atom is -0.397 e.